The molecule has 0 aromatic rings. The molecule has 2 aliphatic carbocycles. The monoisotopic (exact) mass is 168 g/mol. The van der Waals surface area contributed by atoms with Crippen molar-refractivity contribution in [1.29, 1.82) is 0 Å². The predicted octanol–water partition coefficient (Wildman–Crippen LogP) is 0.392. The van der Waals surface area contributed by atoms with Crippen LogP contribution in [0.2, 0.25) is 0 Å². The van der Waals surface area contributed by atoms with E-state index in [1.165, 1.54) is 19.3 Å². The highest BCUT2D eigenvalue weighted by molar-refractivity contribution is 5.80. The zero-order valence-corrected chi connectivity index (χ0v) is 7.25. The van der Waals surface area contributed by atoms with Gasteiger partial charge in [0.15, 0.2) is 0 Å². The highest BCUT2D eigenvalue weighted by Crippen LogP contribution is 2.27. The Morgan fingerprint density at radius 1 is 1.33 bits per heavy atom. The van der Waals surface area contributed by atoms with E-state index >= 15 is 0 Å². The first-order chi connectivity index (χ1) is 5.75. The van der Waals surface area contributed by atoms with E-state index in [1.54, 1.807) is 0 Å². The van der Waals surface area contributed by atoms with E-state index in [2.05, 4.69) is 5.32 Å². The minimum Gasteiger partial charge on any atom is -0.353 e. The van der Waals surface area contributed by atoms with E-state index in [0.29, 0.717) is 6.04 Å². The van der Waals surface area contributed by atoms with E-state index in [-0.39, 0.29) is 17.9 Å². The Hall–Kier alpha value is -0.570. The molecule has 3 nitrogen and oxygen atoms in total. The van der Waals surface area contributed by atoms with Gasteiger partial charge in [0.2, 0.25) is 5.91 Å². The Morgan fingerprint density at radius 2 is 2.00 bits per heavy atom. The summed E-state index contributed by atoms with van der Waals surface area (Å²) in [5.41, 5.74) is 5.60. The largest absolute Gasteiger partial charge is 0.353 e. The molecule has 0 radical (unpaired) electrons. The van der Waals surface area contributed by atoms with E-state index < -0.39 is 0 Å². The Kier molecular flexibility index (Phi) is 2.05. The van der Waals surface area contributed by atoms with Crippen LogP contribution in [-0.4, -0.2) is 18.0 Å². The lowest BCUT2D eigenvalue weighted by molar-refractivity contribution is -0.129. The third-order valence-electron chi connectivity index (χ3n) is 3.00. The van der Waals surface area contributed by atoms with Crippen molar-refractivity contribution in [3.05, 3.63) is 0 Å². The maximum Gasteiger partial charge on any atom is 0.223 e. The van der Waals surface area contributed by atoms with Gasteiger partial charge in [0.05, 0.1) is 0 Å². The van der Waals surface area contributed by atoms with Gasteiger partial charge in [-0.05, 0) is 32.1 Å². The second kappa shape index (κ2) is 3.05. The van der Waals surface area contributed by atoms with Gasteiger partial charge in [-0.2, -0.15) is 0 Å². The Morgan fingerprint density at radius 3 is 2.42 bits per heavy atom. The highest BCUT2D eigenvalue weighted by atomic mass is 16.2. The fourth-order valence-electron chi connectivity index (χ4n) is 1.75. The van der Waals surface area contributed by atoms with Crippen LogP contribution in [0.3, 0.4) is 0 Å². The van der Waals surface area contributed by atoms with Crippen molar-refractivity contribution in [3.8, 4) is 0 Å². The van der Waals surface area contributed by atoms with Crippen molar-refractivity contribution in [2.24, 2.45) is 11.7 Å². The van der Waals surface area contributed by atoms with Crippen LogP contribution >= 0.6 is 0 Å². The van der Waals surface area contributed by atoms with Gasteiger partial charge in [0, 0.05) is 18.0 Å². The van der Waals surface area contributed by atoms with Gasteiger partial charge in [0.25, 0.3) is 0 Å². The Bertz CT molecular complexity index is 183. The van der Waals surface area contributed by atoms with Gasteiger partial charge in [-0.25, -0.2) is 0 Å². The van der Waals surface area contributed by atoms with Crippen molar-refractivity contribution >= 4 is 5.91 Å². The topological polar surface area (TPSA) is 55.1 Å². The summed E-state index contributed by atoms with van der Waals surface area (Å²) in [5.74, 6) is 0.460. The van der Waals surface area contributed by atoms with Crippen molar-refractivity contribution in [2.45, 2.75) is 44.2 Å². The molecule has 3 N–H and O–H groups in total. The molecular formula is C9H16N2O. The average molecular weight is 168 g/mol. The van der Waals surface area contributed by atoms with Gasteiger partial charge < -0.3 is 11.1 Å². The normalized spacial score (nSPS) is 35.1. The average Bonchev–Trinajstić information content (AvgIpc) is 1.90. The Balaban J connectivity index is 1.70. The van der Waals surface area contributed by atoms with Crippen LogP contribution in [0.5, 0.6) is 0 Å². The first-order valence-corrected chi connectivity index (χ1v) is 4.81. The number of nitrogens with two attached hydrogens (primary N) is 1. The van der Waals surface area contributed by atoms with Crippen LogP contribution in [-0.2, 0) is 4.79 Å². The third kappa shape index (κ3) is 1.46. The molecule has 0 saturated heterocycles. The number of hydrogen-bond acceptors (Lipinski definition) is 2. The van der Waals surface area contributed by atoms with E-state index in [4.69, 9.17) is 5.73 Å². The van der Waals surface area contributed by atoms with Crippen LogP contribution < -0.4 is 11.1 Å². The van der Waals surface area contributed by atoms with Crippen LogP contribution in [0.15, 0.2) is 0 Å². The van der Waals surface area contributed by atoms with Crippen molar-refractivity contribution in [2.75, 3.05) is 0 Å². The summed E-state index contributed by atoms with van der Waals surface area (Å²) in [6.07, 6.45) is 5.39. The standard InChI is InChI=1S/C9H16N2O/c10-7-4-6(5-7)9(12)11-8-2-1-3-8/h6-8H,1-5,10H2,(H,11,12). The Labute approximate surface area is 72.7 Å². The molecule has 2 rings (SSSR count). The fraction of sp³-hybridized carbons (Fsp3) is 0.889. The molecule has 1 amide bonds. The van der Waals surface area contributed by atoms with Gasteiger partial charge in [-0.3, -0.25) is 4.79 Å². The number of carbonyl (C=O) groups excluding carboxylic acids is 1. The summed E-state index contributed by atoms with van der Waals surface area (Å²) in [6.45, 7) is 0. The van der Waals surface area contributed by atoms with Crippen LogP contribution in [0.25, 0.3) is 0 Å². The summed E-state index contributed by atoms with van der Waals surface area (Å²) in [4.78, 5) is 11.4. The minimum absolute atomic E-state index is 0.223. The number of rotatable bonds is 2. The summed E-state index contributed by atoms with van der Waals surface area (Å²) >= 11 is 0. The zero-order valence-electron chi connectivity index (χ0n) is 7.25. The van der Waals surface area contributed by atoms with Gasteiger partial charge in [-0.1, -0.05) is 0 Å². The molecule has 0 aliphatic heterocycles. The van der Waals surface area contributed by atoms with Gasteiger partial charge in [-0.15, -0.1) is 0 Å². The van der Waals surface area contributed by atoms with Crippen molar-refractivity contribution in [1.82, 2.24) is 5.32 Å². The van der Waals surface area contributed by atoms with Crippen LogP contribution in [0, 0.1) is 5.92 Å². The molecule has 3 heteroatoms. The minimum atomic E-state index is 0.223. The molecule has 2 saturated carbocycles. The molecule has 0 atom stereocenters. The lowest BCUT2D eigenvalue weighted by Gasteiger charge is -2.34. The first-order valence-electron chi connectivity index (χ1n) is 4.81. The summed E-state index contributed by atoms with van der Waals surface area (Å²) in [5, 5.41) is 3.04. The quantitative estimate of drug-likeness (QED) is 0.626. The number of carbonyl (C=O) groups is 1. The maximum absolute atomic E-state index is 11.4. The molecule has 0 aromatic heterocycles. The lowest BCUT2D eigenvalue weighted by atomic mass is 9.79. The summed E-state index contributed by atoms with van der Waals surface area (Å²) in [6, 6.07) is 0.761. The van der Waals surface area contributed by atoms with Crippen LogP contribution in [0.4, 0.5) is 0 Å². The van der Waals surface area contributed by atoms with E-state index in [9.17, 15) is 4.79 Å². The molecule has 0 bridgehead atoms. The van der Waals surface area contributed by atoms with Crippen molar-refractivity contribution in [3.63, 3.8) is 0 Å². The second-order valence-electron chi connectivity index (χ2n) is 4.06. The smallest absolute Gasteiger partial charge is 0.223 e. The second-order valence-corrected chi connectivity index (χ2v) is 4.06. The predicted molar refractivity (Wildman–Crippen MR) is 46.5 cm³/mol. The molecule has 68 valence electrons. The molecule has 0 heterocycles. The first kappa shape index (κ1) is 8.05. The van der Waals surface area contributed by atoms with Crippen molar-refractivity contribution < 1.29 is 4.79 Å². The summed E-state index contributed by atoms with van der Waals surface area (Å²) < 4.78 is 0. The molecule has 12 heavy (non-hydrogen) atoms. The molecule has 2 aliphatic rings. The lowest BCUT2D eigenvalue weighted by Crippen LogP contribution is -2.49. The molecule has 0 aromatic carbocycles. The molecule has 2 fully saturated rings. The van der Waals surface area contributed by atoms with E-state index in [0.717, 1.165) is 12.8 Å². The third-order valence-corrected chi connectivity index (χ3v) is 3.00. The van der Waals surface area contributed by atoms with Crippen LogP contribution in [0.1, 0.15) is 32.1 Å². The molecule has 0 unspecified atom stereocenters. The summed E-state index contributed by atoms with van der Waals surface area (Å²) in [7, 11) is 0. The maximum atomic E-state index is 11.4. The van der Waals surface area contributed by atoms with Gasteiger partial charge in [0.1, 0.15) is 0 Å². The van der Waals surface area contributed by atoms with E-state index in [1.807, 2.05) is 0 Å². The SMILES string of the molecule is NC1CC(C(=O)NC2CCC2)C1. The molecular weight excluding hydrogens is 152 g/mol. The molecule has 0 spiro atoms. The number of amides is 1. The van der Waals surface area contributed by atoms with Gasteiger partial charge >= 0.3 is 0 Å². The highest BCUT2D eigenvalue weighted by Gasteiger charge is 2.33. The number of nitrogens with one attached hydrogen (secondary N) is 1. The zero-order chi connectivity index (χ0) is 8.55. The number of hydrogen-bond donors (Lipinski definition) is 2. The fourth-order valence-corrected chi connectivity index (χ4v) is 1.75.